The third-order valence-electron chi connectivity index (χ3n) is 20.6. The van der Waals surface area contributed by atoms with E-state index in [0.29, 0.717) is 25.7 Å². The molecule has 0 bridgehead atoms. The summed E-state index contributed by atoms with van der Waals surface area (Å²) in [6.45, 7) is 9.73. The van der Waals surface area contributed by atoms with Crippen LogP contribution in [0.5, 0.6) is 0 Å². The van der Waals surface area contributed by atoms with E-state index in [9.17, 15) is 43.2 Å². The maximum absolute atomic E-state index is 13.2. The summed E-state index contributed by atoms with van der Waals surface area (Å²) in [7, 11) is -9.93. The fraction of sp³-hybridized carbons (Fsp3) is 0.953. The second-order valence-electron chi connectivity index (χ2n) is 31.6. The fourth-order valence-electron chi connectivity index (χ4n) is 13.4. The molecule has 0 aromatic heterocycles. The molecule has 0 heterocycles. The molecule has 0 aromatic carbocycles. The van der Waals surface area contributed by atoms with Crippen LogP contribution in [0.1, 0.15) is 459 Å². The number of hydrogen-bond acceptors (Lipinski definition) is 15. The number of ether oxygens (including phenoxy) is 4. The topological polar surface area (TPSA) is 237 Å². The van der Waals surface area contributed by atoms with E-state index >= 15 is 0 Å². The quantitative estimate of drug-likeness (QED) is 0.0222. The van der Waals surface area contributed by atoms with Crippen LogP contribution in [0, 0.1) is 11.8 Å². The highest BCUT2D eigenvalue weighted by molar-refractivity contribution is 7.47. The first-order valence-corrected chi connectivity index (χ1v) is 47.5. The lowest BCUT2D eigenvalue weighted by Gasteiger charge is -2.21. The highest BCUT2D eigenvalue weighted by atomic mass is 31.2. The minimum atomic E-state index is -4.97. The van der Waals surface area contributed by atoms with E-state index in [1.165, 1.54) is 276 Å². The molecule has 0 saturated carbocycles. The average Bonchev–Trinajstić information content (AvgIpc) is 0.966. The van der Waals surface area contributed by atoms with Gasteiger partial charge in [0.25, 0.3) is 0 Å². The Balaban J connectivity index is 5.26. The highest BCUT2D eigenvalue weighted by Gasteiger charge is 2.30. The van der Waals surface area contributed by atoms with Crippen LogP contribution in [0.2, 0.25) is 0 Å². The van der Waals surface area contributed by atoms with Crippen molar-refractivity contribution >= 4 is 39.5 Å². The van der Waals surface area contributed by atoms with E-state index in [-0.39, 0.29) is 25.7 Å². The molecule has 3 unspecified atom stereocenters. The molecule has 0 amide bonds. The standard InChI is InChI=1S/C86H168O17P2/c1-7-10-12-14-16-18-20-22-23-24-25-26-30-34-38-45-51-57-63-69-84(89)97-74-81(102-85(90)70-64-58-52-46-39-35-31-28-27-29-33-36-42-48-54-60-66-78(4)5)76-100-104(92,93)98-72-80(87)73-99-105(94,95)101-77-82(75-96-83(88)68-62-56-50-44-37-32-21-19-17-15-13-11-8-2)103-86(91)71-65-59-53-47-41-40-43-49-55-61-67-79(6)9-3/h78-82,87H,7-77H2,1-6H3,(H,92,93)(H,94,95)/t79?,80-,81-,82-/m1/s1. The first-order valence-electron chi connectivity index (χ1n) is 44.5. The van der Waals surface area contributed by atoms with Gasteiger partial charge in [0.2, 0.25) is 0 Å². The second-order valence-corrected chi connectivity index (χ2v) is 34.6. The van der Waals surface area contributed by atoms with Crippen LogP contribution >= 0.6 is 15.6 Å². The van der Waals surface area contributed by atoms with Crippen molar-refractivity contribution < 1.29 is 80.2 Å². The number of aliphatic hydroxyl groups excluding tert-OH is 1. The van der Waals surface area contributed by atoms with Gasteiger partial charge in [-0.25, -0.2) is 9.13 Å². The zero-order valence-corrected chi connectivity index (χ0v) is 70.8. The van der Waals surface area contributed by atoms with Gasteiger partial charge in [0, 0.05) is 25.7 Å². The Bertz CT molecular complexity index is 2010. The van der Waals surface area contributed by atoms with Crippen LogP contribution in [0.4, 0.5) is 0 Å². The largest absolute Gasteiger partial charge is 0.472 e. The van der Waals surface area contributed by atoms with Gasteiger partial charge in [0.15, 0.2) is 12.2 Å². The van der Waals surface area contributed by atoms with E-state index in [4.69, 9.17) is 37.0 Å². The number of rotatable bonds is 85. The second kappa shape index (κ2) is 77.4. The smallest absolute Gasteiger partial charge is 0.462 e. The summed E-state index contributed by atoms with van der Waals surface area (Å²) in [6.07, 6.45) is 69.3. The molecule has 0 fully saturated rings. The molecule has 0 aliphatic rings. The van der Waals surface area contributed by atoms with Crippen molar-refractivity contribution in [2.24, 2.45) is 11.8 Å². The maximum atomic E-state index is 13.2. The van der Waals surface area contributed by atoms with Crippen molar-refractivity contribution in [2.45, 2.75) is 477 Å². The molecule has 19 heteroatoms. The predicted octanol–water partition coefficient (Wildman–Crippen LogP) is 26.2. The Morgan fingerprint density at radius 2 is 0.486 bits per heavy atom. The van der Waals surface area contributed by atoms with Crippen LogP contribution in [0.15, 0.2) is 0 Å². The molecule has 0 radical (unpaired) electrons. The summed E-state index contributed by atoms with van der Waals surface area (Å²) in [5.41, 5.74) is 0. The molecule has 0 spiro atoms. The van der Waals surface area contributed by atoms with Gasteiger partial charge in [-0.2, -0.15) is 0 Å². The molecular weight excluding hydrogens is 1370 g/mol. The molecule has 6 atom stereocenters. The number of carbonyl (C=O) groups is 4. The van der Waals surface area contributed by atoms with E-state index in [0.717, 1.165) is 102 Å². The van der Waals surface area contributed by atoms with Crippen LogP contribution in [-0.4, -0.2) is 96.7 Å². The van der Waals surface area contributed by atoms with E-state index in [1.54, 1.807) is 0 Å². The summed E-state index contributed by atoms with van der Waals surface area (Å²) < 4.78 is 68.9. The zero-order valence-electron chi connectivity index (χ0n) is 69.0. The van der Waals surface area contributed by atoms with Gasteiger partial charge < -0.3 is 33.8 Å². The monoisotopic (exact) mass is 1540 g/mol. The van der Waals surface area contributed by atoms with Crippen molar-refractivity contribution in [3.63, 3.8) is 0 Å². The lowest BCUT2D eigenvalue weighted by atomic mass is 9.99. The van der Waals surface area contributed by atoms with E-state index in [1.807, 2.05) is 0 Å². The van der Waals surface area contributed by atoms with Gasteiger partial charge in [0.05, 0.1) is 26.4 Å². The first-order chi connectivity index (χ1) is 50.9. The van der Waals surface area contributed by atoms with Gasteiger partial charge in [-0.15, -0.1) is 0 Å². The summed E-state index contributed by atoms with van der Waals surface area (Å²) in [5, 5.41) is 10.7. The molecule has 0 rings (SSSR count). The van der Waals surface area contributed by atoms with Crippen molar-refractivity contribution in [3.05, 3.63) is 0 Å². The average molecular weight is 1540 g/mol. The molecule has 17 nitrogen and oxygen atoms in total. The van der Waals surface area contributed by atoms with Gasteiger partial charge in [-0.05, 0) is 37.5 Å². The Morgan fingerprint density at radius 1 is 0.276 bits per heavy atom. The molecule has 0 aliphatic heterocycles. The number of aliphatic hydroxyl groups is 1. The highest BCUT2D eigenvalue weighted by Crippen LogP contribution is 2.45. The van der Waals surface area contributed by atoms with Gasteiger partial charge in [-0.3, -0.25) is 37.3 Å². The zero-order chi connectivity index (χ0) is 77.1. The Labute approximate surface area is 645 Å². The summed E-state index contributed by atoms with van der Waals surface area (Å²) in [5.74, 6) is -0.488. The SMILES string of the molecule is CCCCCCCCCCCCCCCCCCCCCC(=O)OC[C@H](COP(=O)(O)OC[C@@H](O)COP(=O)(O)OC[C@@H](COC(=O)CCCCCCCCCCCCCCC)OC(=O)CCCCCCCCCCCCC(C)CC)OC(=O)CCCCCCCCCCCCCCCCCCC(C)C. The van der Waals surface area contributed by atoms with Crippen molar-refractivity contribution in [1.82, 2.24) is 0 Å². The third kappa shape index (κ3) is 78.5. The van der Waals surface area contributed by atoms with Gasteiger partial charge >= 0.3 is 39.5 Å². The van der Waals surface area contributed by atoms with Crippen LogP contribution in [0.3, 0.4) is 0 Å². The summed E-state index contributed by atoms with van der Waals surface area (Å²) in [6, 6.07) is 0. The van der Waals surface area contributed by atoms with Gasteiger partial charge in [0.1, 0.15) is 19.3 Å². The molecule has 0 aromatic rings. The summed E-state index contributed by atoms with van der Waals surface area (Å²) in [4.78, 5) is 73.3. The predicted molar refractivity (Wildman–Crippen MR) is 432 cm³/mol. The van der Waals surface area contributed by atoms with Gasteiger partial charge in [-0.1, -0.05) is 408 Å². The molecule has 624 valence electrons. The van der Waals surface area contributed by atoms with Crippen molar-refractivity contribution in [2.75, 3.05) is 39.6 Å². The number of esters is 4. The van der Waals surface area contributed by atoms with E-state index < -0.39 is 97.5 Å². The van der Waals surface area contributed by atoms with Crippen molar-refractivity contribution in [1.29, 1.82) is 0 Å². The number of carbonyl (C=O) groups excluding carboxylic acids is 4. The molecule has 0 saturated heterocycles. The molecule has 0 aliphatic carbocycles. The summed E-state index contributed by atoms with van der Waals surface area (Å²) >= 11 is 0. The molecule has 105 heavy (non-hydrogen) atoms. The van der Waals surface area contributed by atoms with Crippen LogP contribution < -0.4 is 0 Å². The minimum Gasteiger partial charge on any atom is -0.462 e. The van der Waals surface area contributed by atoms with E-state index in [2.05, 4.69) is 41.5 Å². The number of phosphoric acid groups is 2. The normalized spacial score (nSPS) is 14.1. The Hall–Kier alpha value is -1.94. The lowest BCUT2D eigenvalue weighted by Crippen LogP contribution is -2.30. The lowest BCUT2D eigenvalue weighted by molar-refractivity contribution is -0.161. The Morgan fingerprint density at radius 3 is 0.724 bits per heavy atom. The molecular formula is C86H168O17P2. The number of unbranched alkanes of at least 4 members (excludes halogenated alkanes) is 54. The van der Waals surface area contributed by atoms with Crippen LogP contribution in [0.25, 0.3) is 0 Å². The third-order valence-corrected chi connectivity index (χ3v) is 22.5. The van der Waals surface area contributed by atoms with Crippen LogP contribution in [-0.2, 0) is 65.4 Å². The van der Waals surface area contributed by atoms with Crippen molar-refractivity contribution in [3.8, 4) is 0 Å². The maximum Gasteiger partial charge on any atom is 0.472 e. The fourth-order valence-corrected chi connectivity index (χ4v) is 15.0. The number of phosphoric ester groups is 2. The number of hydrogen-bond donors (Lipinski definition) is 3. The first kappa shape index (κ1) is 103. The molecule has 3 N–H and O–H groups in total. The minimum absolute atomic E-state index is 0.107. The Kier molecular flexibility index (Phi) is 76.0.